The van der Waals surface area contributed by atoms with E-state index >= 15 is 0 Å². The Morgan fingerprint density at radius 2 is 1.56 bits per heavy atom. The van der Waals surface area contributed by atoms with Crippen molar-refractivity contribution in [2.75, 3.05) is 0 Å². The molecule has 1 saturated carbocycles. The maximum Gasteiger partial charge on any atom is 0.327 e. The van der Waals surface area contributed by atoms with E-state index in [4.69, 9.17) is 5.11 Å². The quantitative estimate of drug-likeness (QED) is 0.284. The highest BCUT2D eigenvalue weighted by Gasteiger charge is 2.24. The molecule has 0 heterocycles. The molecule has 0 aromatic heterocycles. The van der Waals surface area contributed by atoms with E-state index in [1.165, 1.54) is 83.5 Å². The van der Waals surface area contributed by atoms with Crippen molar-refractivity contribution >= 4 is 5.97 Å². The molecule has 0 aromatic carbocycles. The summed E-state index contributed by atoms with van der Waals surface area (Å²) in [6.45, 7) is 5.22. The van der Waals surface area contributed by atoms with Crippen LogP contribution in [0.25, 0.3) is 0 Å². The lowest BCUT2D eigenvalue weighted by Crippen LogP contribution is -2.23. The minimum Gasteiger partial charge on any atom is -0.478 e. The SMILES string of the molecule is C=CC(=O)O.CCCCCCCCCCCC(OF)C1CCCCC1. The Kier molecular flexibility index (Phi) is 17.3. The summed E-state index contributed by atoms with van der Waals surface area (Å²) < 4.78 is 12.7. The third-order valence-corrected chi connectivity index (χ3v) is 5.06. The van der Waals surface area contributed by atoms with E-state index in [9.17, 15) is 9.32 Å². The van der Waals surface area contributed by atoms with Gasteiger partial charge in [-0.2, -0.15) is 4.94 Å². The molecule has 1 aliphatic rings. The van der Waals surface area contributed by atoms with E-state index < -0.39 is 5.97 Å². The van der Waals surface area contributed by atoms with Gasteiger partial charge in [0.1, 0.15) is 6.10 Å². The molecule has 0 aromatic rings. The fourth-order valence-corrected chi connectivity index (χ4v) is 3.52. The van der Waals surface area contributed by atoms with Crippen LogP contribution in [0.1, 0.15) is 103 Å². The normalized spacial score (nSPS) is 15.9. The molecule has 4 heteroatoms. The maximum absolute atomic E-state index is 12.7. The lowest BCUT2D eigenvalue weighted by molar-refractivity contribution is -0.201. The molecule has 1 rings (SSSR count). The van der Waals surface area contributed by atoms with Crippen molar-refractivity contribution in [2.24, 2.45) is 5.92 Å². The zero-order valence-electron chi connectivity index (χ0n) is 16.2. The zero-order valence-corrected chi connectivity index (χ0v) is 16.2. The van der Waals surface area contributed by atoms with Gasteiger partial charge in [0.2, 0.25) is 0 Å². The second-order valence-corrected chi connectivity index (χ2v) is 7.19. The van der Waals surface area contributed by atoms with Crippen molar-refractivity contribution in [1.29, 1.82) is 0 Å². The van der Waals surface area contributed by atoms with Crippen LogP contribution in [0, 0.1) is 5.92 Å². The molecule has 1 unspecified atom stereocenters. The molecule has 1 N–H and O–H groups in total. The highest BCUT2D eigenvalue weighted by atomic mass is 19.3. The highest BCUT2D eigenvalue weighted by molar-refractivity contribution is 5.78. The number of hydrogen-bond acceptors (Lipinski definition) is 2. The minimum absolute atomic E-state index is 0.111. The van der Waals surface area contributed by atoms with E-state index in [1.807, 2.05) is 0 Å². The third-order valence-electron chi connectivity index (χ3n) is 5.06. The summed E-state index contributed by atoms with van der Waals surface area (Å²) in [5.41, 5.74) is 0. The Bertz CT molecular complexity index is 314. The number of halogens is 1. The van der Waals surface area contributed by atoms with Gasteiger partial charge >= 0.3 is 5.97 Å². The predicted molar refractivity (Wildman–Crippen MR) is 102 cm³/mol. The Morgan fingerprint density at radius 1 is 1.08 bits per heavy atom. The van der Waals surface area contributed by atoms with Crippen LogP contribution >= 0.6 is 0 Å². The van der Waals surface area contributed by atoms with E-state index in [-0.39, 0.29) is 6.10 Å². The van der Waals surface area contributed by atoms with Gasteiger partial charge in [0, 0.05) is 6.08 Å². The fourth-order valence-electron chi connectivity index (χ4n) is 3.52. The molecular formula is C21H39FO3. The molecule has 0 amide bonds. The number of aliphatic carboxylic acids is 1. The summed E-state index contributed by atoms with van der Waals surface area (Å²) >= 11 is 0. The van der Waals surface area contributed by atoms with Crippen LogP contribution in [0.2, 0.25) is 0 Å². The van der Waals surface area contributed by atoms with E-state index in [2.05, 4.69) is 18.4 Å². The molecule has 1 atom stereocenters. The molecule has 1 fully saturated rings. The fraction of sp³-hybridized carbons (Fsp3) is 0.857. The summed E-state index contributed by atoms with van der Waals surface area (Å²) in [5, 5.41) is 7.60. The second kappa shape index (κ2) is 17.9. The molecular weight excluding hydrogens is 319 g/mol. The van der Waals surface area contributed by atoms with E-state index in [1.54, 1.807) is 0 Å². The molecule has 0 spiro atoms. The van der Waals surface area contributed by atoms with Crippen LogP contribution in [-0.4, -0.2) is 17.2 Å². The maximum atomic E-state index is 12.7. The van der Waals surface area contributed by atoms with Gasteiger partial charge in [-0.3, -0.25) is 0 Å². The number of carboxylic acid groups (broad SMARTS) is 1. The Balaban J connectivity index is 0.00000101. The second-order valence-electron chi connectivity index (χ2n) is 7.19. The van der Waals surface area contributed by atoms with Gasteiger partial charge in [0.25, 0.3) is 0 Å². The molecule has 0 bridgehead atoms. The van der Waals surface area contributed by atoms with Gasteiger partial charge < -0.3 is 5.11 Å². The smallest absolute Gasteiger partial charge is 0.327 e. The number of hydrogen-bond donors (Lipinski definition) is 1. The molecule has 148 valence electrons. The first kappa shape index (κ1) is 24.1. The zero-order chi connectivity index (χ0) is 18.8. The molecule has 0 aliphatic heterocycles. The lowest BCUT2D eigenvalue weighted by Gasteiger charge is -2.27. The summed E-state index contributed by atoms with van der Waals surface area (Å²) in [6.07, 6.45) is 19.8. The number of unbranched alkanes of at least 4 members (excludes halogenated alkanes) is 8. The van der Waals surface area contributed by atoms with Crippen molar-refractivity contribution in [1.82, 2.24) is 0 Å². The van der Waals surface area contributed by atoms with Crippen molar-refractivity contribution < 1.29 is 19.4 Å². The van der Waals surface area contributed by atoms with Crippen LogP contribution in [0.4, 0.5) is 4.53 Å². The topological polar surface area (TPSA) is 46.5 Å². The Morgan fingerprint density at radius 3 is 2.00 bits per heavy atom. The summed E-state index contributed by atoms with van der Waals surface area (Å²) in [4.78, 5) is 13.5. The number of rotatable bonds is 13. The molecule has 0 saturated heterocycles. The van der Waals surface area contributed by atoms with Gasteiger partial charge in [-0.25, -0.2) is 4.79 Å². The van der Waals surface area contributed by atoms with Gasteiger partial charge in [-0.1, -0.05) is 90.6 Å². The summed E-state index contributed by atoms with van der Waals surface area (Å²) in [6, 6.07) is 0. The van der Waals surface area contributed by atoms with Gasteiger partial charge in [0.15, 0.2) is 0 Å². The molecule has 1 aliphatic carbocycles. The van der Waals surface area contributed by atoms with Gasteiger partial charge in [-0.15, -0.1) is 0 Å². The largest absolute Gasteiger partial charge is 0.478 e. The average Bonchev–Trinajstić information content (AvgIpc) is 2.64. The highest BCUT2D eigenvalue weighted by Crippen LogP contribution is 2.30. The molecule has 25 heavy (non-hydrogen) atoms. The van der Waals surface area contributed by atoms with Crippen LogP contribution in [0.15, 0.2) is 12.7 Å². The summed E-state index contributed by atoms with van der Waals surface area (Å²) in [7, 11) is 0. The van der Waals surface area contributed by atoms with Crippen molar-refractivity contribution in [3.8, 4) is 0 Å². The van der Waals surface area contributed by atoms with Crippen LogP contribution < -0.4 is 0 Å². The third kappa shape index (κ3) is 15.1. The monoisotopic (exact) mass is 358 g/mol. The number of carboxylic acids is 1. The van der Waals surface area contributed by atoms with Crippen LogP contribution in [0.3, 0.4) is 0 Å². The first-order chi connectivity index (χ1) is 12.2. The van der Waals surface area contributed by atoms with Crippen molar-refractivity contribution in [2.45, 2.75) is 109 Å². The standard InChI is InChI=1S/C18H35FO.C3H4O2/c1-2-3-4-5-6-7-8-9-13-16-18(20-19)17-14-11-10-12-15-17;1-2-3(4)5/h17-18H,2-16H2,1H3;2H,1H2,(H,4,5). The first-order valence-electron chi connectivity index (χ1n) is 10.3. The van der Waals surface area contributed by atoms with Crippen LogP contribution in [0.5, 0.6) is 0 Å². The van der Waals surface area contributed by atoms with Gasteiger partial charge in [-0.05, 0) is 29.7 Å². The van der Waals surface area contributed by atoms with Crippen molar-refractivity contribution in [3.05, 3.63) is 12.7 Å². The number of carbonyl (C=O) groups is 1. The minimum atomic E-state index is -0.981. The average molecular weight is 359 g/mol. The summed E-state index contributed by atoms with van der Waals surface area (Å²) in [5.74, 6) is -0.493. The Hall–Kier alpha value is -0.900. The Labute approximate surface area is 153 Å². The predicted octanol–water partition coefficient (Wildman–Crippen LogP) is 7.01. The van der Waals surface area contributed by atoms with E-state index in [0.29, 0.717) is 5.92 Å². The lowest BCUT2D eigenvalue weighted by atomic mass is 9.83. The molecule has 3 nitrogen and oxygen atoms in total. The first-order valence-corrected chi connectivity index (χ1v) is 10.3. The van der Waals surface area contributed by atoms with Crippen molar-refractivity contribution in [3.63, 3.8) is 0 Å². The van der Waals surface area contributed by atoms with Gasteiger partial charge in [0.05, 0.1) is 0 Å². The van der Waals surface area contributed by atoms with Crippen LogP contribution in [-0.2, 0) is 9.74 Å². The van der Waals surface area contributed by atoms with E-state index in [0.717, 1.165) is 18.9 Å². The molecule has 0 radical (unpaired) electrons.